The van der Waals surface area contributed by atoms with Gasteiger partial charge in [-0.15, -0.1) is 0 Å². The van der Waals surface area contributed by atoms with Crippen LogP contribution in [-0.2, 0) is 32.6 Å². The van der Waals surface area contributed by atoms with Crippen molar-refractivity contribution < 1.29 is 22.7 Å². The number of amides is 1. The molecule has 1 N–H and O–H groups in total. The second kappa shape index (κ2) is 11.5. The second-order valence-corrected chi connectivity index (χ2v) is 10.2. The van der Waals surface area contributed by atoms with Crippen molar-refractivity contribution in [1.82, 2.24) is 10.2 Å². The first-order chi connectivity index (χ1) is 15.8. The minimum Gasteiger partial charge on any atom is -0.481 e. The van der Waals surface area contributed by atoms with E-state index in [0.29, 0.717) is 24.4 Å². The molecule has 9 heteroatoms. The lowest BCUT2D eigenvalue weighted by Crippen LogP contribution is -2.37. The Bertz CT molecular complexity index is 1020. The van der Waals surface area contributed by atoms with Crippen molar-refractivity contribution in [3.8, 4) is 5.75 Å². The van der Waals surface area contributed by atoms with Gasteiger partial charge in [0.1, 0.15) is 5.75 Å². The molecule has 2 aromatic carbocycles. The van der Waals surface area contributed by atoms with Crippen molar-refractivity contribution >= 4 is 21.6 Å². The first-order valence-corrected chi connectivity index (χ1v) is 13.0. The molecule has 0 bridgehead atoms. The molecule has 2 aromatic rings. The van der Waals surface area contributed by atoms with E-state index < -0.39 is 16.1 Å². The molecule has 3 rings (SSSR count). The molecule has 1 heterocycles. The SMILES string of the molecule is CC[C@@H](Oc1ccc(N(C)S(C)(=O)=O)cc1)C(=O)NCc1cccc(CN2CCOCC2)c1. The third-order valence-electron chi connectivity index (χ3n) is 5.61. The van der Waals surface area contributed by atoms with Gasteiger partial charge in [0.05, 0.1) is 25.2 Å². The Hall–Kier alpha value is -2.62. The maximum atomic E-state index is 12.7. The number of rotatable bonds is 10. The molecular formula is C24H33N3O5S. The number of carbonyl (C=O) groups excluding carboxylic acids is 1. The third kappa shape index (κ3) is 7.45. The van der Waals surface area contributed by atoms with Gasteiger partial charge < -0.3 is 14.8 Å². The van der Waals surface area contributed by atoms with Crippen molar-refractivity contribution in [3.63, 3.8) is 0 Å². The molecule has 0 aliphatic carbocycles. The highest BCUT2D eigenvalue weighted by Crippen LogP contribution is 2.21. The molecule has 1 aliphatic heterocycles. The summed E-state index contributed by atoms with van der Waals surface area (Å²) >= 11 is 0. The number of benzene rings is 2. The number of ether oxygens (including phenoxy) is 2. The first-order valence-electron chi connectivity index (χ1n) is 11.1. The fourth-order valence-electron chi connectivity index (χ4n) is 3.57. The van der Waals surface area contributed by atoms with Crippen LogP contribution in [-0.4, -0.2) is 64.9 Å². The molecule has 0 aromatic heterocycles. The Labute approximate surface area is 196 Å². The van der Waals surface area contributed by atoms with Gasteiger partial charge in [-0.2, -0.15) is 0 Å². The summed E-state index contributed by atoms with van der Waals surface area (Å²) in [5, 5.41) is 2.97. The Morgan fingerprint density at radius 3 is 2.45 bits per heavy atom. The average Bonchev–Trinajstić information content (AvgIpc) is 2.81. The normalized spacial score (nSPS) is 15.6. The van der Waals surface area contributed by atoms with E-state index in [4.69, 9.17) is 9.47 Å². The molecule has 180 valence electrons. The molecule has 1 saturated heterocycles. The van der Waals surface area contributed by atoms with Crippen LogP contribution in [0.3, 0.4) is 0 Å². The zero-order valence-electron chi connectivity index (χ0n) is 19.5. The number of hydrogen-bond acceptors (Lipinski definition) is 6. The number of anilines is 1. The van der Waals surface area contributed by atoms with Crippen molar-refractivity contribution in [2.75, 3.05) is 43.9 Å². The van der Waals surface area contributed by atoms with Crippen LogP contribution >= 0.6 is 0 Å². The van der Waals surface area contributed by atoms with E-state index in [1.807, 2.05) is 19.1 Å². The highest BCUT2D eigenvalue weighted by molar-refractivity contribution is 7.92. The lowest BCUT2D eigenvalue weighted by molar-refractivity contribution is -0.128. The Kier molecular flexibility index (Phi) is 8.71. The number of hydrogen-bond donors (Lipinski definition) is 1. The summed E-state index contributed by atoms with van der Waals surface area (Å²) in [4.78, 5) is 15.1. The van der Waals surface area contributed by atoms with Crippen molar-refractivity contribution in [2.24, 2.45) is 0 Å². The molecular weight excluding hydrogens is 442 g/mol. The predicted molar refractivity (Wildman–Crippen MR) is 129 cm³/mol. The monoisotopic (exact) mass is 475 g/mol. The fourth-order valence-corrected chi connectivity index (χ4v) is 4.08. The fraction of sp³-hybridized carbons (Fsp3) is 0.458. The van der Waals surface area contributed by atoms with Crippen LogP contribution in [0.15, 0.2) is 48.5 Å². The number of nitrogens with one attached hydrogen (secondary N) is 1. The molecule has 0 radical (unpaired) electrons. The summed E-state index contributed by atoms with van der Waals surface area (Å²) in [6.07, 6.45) is 1.01. The third-order valence-corrected chi connectivity index (χ3v) is 6.81. The summed E-state index contributed by atoms with van der Waals surface area (Å²) in [7, 11) is -1.85. The Morgan fingerprint density at radius 1 is 1.15 bits per heavy atom. The average molecular weight is 476 g/mol. The number of nitrogens with zero attached hydrogens (tertiary/aromatic N) is 2. The molecule has 1 aliphatic rings. The standard InChI is InChI=1S/C24H33N3O5S/c1-4-23(32-22-10-8-21(9-11-22)26(2)33(3,29)30)24(28)25-17-19-6-5-7-20(16-19)18-27-12-14-31-15-13-27/h5-11,16,23H,4,12-15,17-18H2,1-3H3,(H,25,28)/t23-/m1/s1. The lowest BCUT2D eigenvalue weighted by atomic mass is 10.1. The van der Waals surface area contributed by atoms with Crippen LogP contribution in [0.1, 0.15) is 24.5 Å². The molecule has 0 spiro atoms. The minimum absolute atomic E-state index is 0.187. The van der Waals surface area contributed by atoms with Crippen LogP contribution in [0.5, 0.6) is 5.75 Å². The van der Waals surface area contributed by atoms with Crippen molar-refractivity contribution in [2.45, 2.75) is 32.5 Å². The van der Waals surface area contributed by atoms with Crippen LogP contribution in [0.2, 0.25) is 0 Å². The van der Waals surface area contributed by atoms with Crippen molar-refractivity contribution in [3.05, 3.63) is 59.7 Å². The van der Waals surface area contributed by atoms with E-state index in [9.17, 15) is 13.2 Å². The van der Waals surface area contributed by atoms with Gasteiger partial charge in [0.25, 0.3) is 5.91 Å². The number of morpholine rings is 1. The zero-order chi connectivity index (χ0) is 23.8. The van der Waals surface area contributed by atoms with E-state index in [1.165, 1.54) is 16.9 Å². The number of carbonyl (C=O) groups is 1. The van der Waals surface area contributed by atoms with E-state index in [0.717, 1.165) is 44.7 Å². The highest BCUT2D eigenvalue weighted by Gasteiger charge is 2.19. The summed E-state index contributed by atoms with van der Waals surface area (Å²) in [6.45, 7) is 6.59. The first kappa shape index (κ1) is 25.0. The van der Waals surface area contributed by atoms with Gasteiger partial charge in [-0.3, -0.25) is 14.0 Å². The van der Waals surface area contributed by atoms with E-state index in [1.54, 1.807) is 24.3 Å². The van der Waals surface area contributed by atoms with E-state index >= 15 is 0 Å². The second-order valence-electron chi connectivity index (χ2n) is 8.17. The van der Waals surface area contributed by atoms with Crippen LogP contribution < -0.4 is 14.4 Å². The Balaban J connectivity index is 1.54. The number of sulfonamides is 1. The summed E-state index contributed by atoms with van der Waals surface area (Å²) in [5.41, 5.74) is 2.78. The molecule has 1 fully saturated rings. The van der Waals surface area contributed by atoms with Gasteiger partial charge >= 0.3 is 0 Å². The largest absolute Gasteiger partial charge is 0.481 e. The molecule has 1 amide bonds. The highest BCUT2D eigenvalue weighted by atomic mass is 32.2. The van der Waals surface area contributed by atoms with Crippen LogP contribution in [0, 0.1) is 0 Å². The smallest absolute Gasteiger partial charge is 0.261 e. The van der Waals surface area contributed by atoms with Gasteiger partial charge in [0.2, 0.25) is 10.0 Å². The van der Waals surface area contributed by atoms with Crippen LogP contribution in [0.25, 0.3) is 0 Å². The van der Waals surface area contributed by atoms with Gasteiger partial charge in [-0.25, -0.2) is 8.42 Å². The van der Waals surface area contributed by atoms with E-state index in [2.05, 4.69) is 22.3 Å². The molecule has 0 unspecified atom stereocenters. The summed E-state index contributed by atoms with van der Waals surface area (Å²) in [5.74, 6) is 0.323. The predicted octanol–water partition coefficient (Wildman–Crippen LogP) is 2.39. The molecule has 0 saturated carbocycles. The van der Waals surface area contributed by atoms with Crippen molar-refractivity contribution in [1.29, 1.82) is 0 Å². The van der Waals surface area contributed by atoms with E-state index in [-0.39, 0.29) is 5.91 Å². The van der Waals surface area contributed by atoms with Gasteiger partial charge in [0, 0.05) is 33.2 Å². The molecule has 8 nitrogen and oxygen atoms in total. The summed E-state index contributed by atoms with van der Waals surface area (Å²) < 4.78 is 35.8. The zero-order valence-corrected chi connectivity index (χ0v) is 20.3. The summed E-state index contributed by atoms with van der Waals surface area (Å²) in [6, 6.07) is 14.9. The maximum Gasteiger partial charge on any atom is 0.261 e. The quantitative estimate of drug-likeness (QED) is 0.568. The lowest BCUT2D eigenvalue weighted by Gasteiger charge is -2.26. The van der Waals surface area contributed by atoms with Gasteiger partial charge in [0.15, 0.2) is 6.10 Å². The van der Waals surface area contributed by atoms with Gasteiger partial charge in [-0.05, 0) is 41.8 Å². The molecule has 33 heavy (non-hydrogen) atoms. The molecule has 1 atom stereocenters. The van der Waals surface area contributed by atoms with Crippen LogP contribution in [0.4, 0.5) is 5.69 Å². The Morgan fingerprint density at radius 2 is 1.82 bits per heavy atom. The van der Waals surface area contributed by atoms with Gasteiger partial charge in [-0.1, -0.05) is 31.2 Å². The topological polar surface area (TPSA) is 88.2 Å². The minimum atomic E-state index is -3.34. The maximum absolute atomic E-state index is 12.7.